The first-order valence-electron chi connectivity index (χ1n) is 6.54. The summed E-state index contributed by atoms with van der Waals surface area (Å²) in [4.78, 5) is 12.2. The van der Waals surface area contributed by atoms with Crippen LogP contribution >= 0.6 is 0 Å². The summed E-state index contributed by atoms with van der Waals surface area (Å²) >= 11 is 0. The molecule has 1 aromatic carbocycles. The van der Waals surface area contributed by atoms with Crippen molar-refractivity contribution in [3.05, 3.63) is 47.5 Å². The number of nitrogens with zero attached hydrogens (tertiary/aromatic N) is 3. The van der Waals surface area contributed by atoms with Gasteiger partial charge in [-0.3, -0.25) is 9.48 Å². The average Bonchev–Trinajstić information content (AvgIpc) is 2.83. The van der Waals surface area contributed by atoms with Gasteiger partial charge in [0.15, 0.2) is 11.4 Å². The molecule has 1 aromatic heterocycles. The number of hydrogen-bond acceptors (Lipinski definition) is 4. The molecule has 7 heteroatoms. The van der Waals surface area contributed by atoms with Gasteiger partial charge in [0.1, 0.15) is 0 Å². The first-order valence-corrected chi connectivity index (χ1v) is 6.54. The second-order valence-electron chi connectivity index (χ2n) is 5.23. The van der Waals surface area contributed by atoms with Crippen molar-refractivity contribution in [3.8, 4) is 6.07 Å². The SMILES string of the molecule is Cc1cc(NC(=O)C(C)(O)Cn2cc(F)cn2)ccc1C#N. The summed E-state index contributed by atoms with van der Waals surface area (Å²) in [6, 6.07) is 6.83. The molecule has 0 radical (unpaired) electrons. The highest BCUT2D eigenvalue weighted by Crippen LogP contribution is 2.17. The zero-order valence-electron chi connectivity index (χ0n) is 12.2. The lowest BCUT2D eigenvalue weighted by Crippen LogP contribution is -2.43. The second kappa shape index (κ2) is 5.95. The minimum absolute atomic E-state index is 0.183. The predicted molar refractivity (Wildman–Crippen MR) is 77.3 cm³/mol. The van der Waals surface area contributed by atoms with E-state index in [1.807, 2.05) is 6.07 Å². The molecule has 2 rings (SSSR count). The van der Waals surface area contributed by atoms with E-state index in [1.165, 1.54) is 6.92 Å². The van der Waals surface area contributed by atoms with Crippen LogP contribution in [-0.2, 0) is 11.3 Å². The normalized spacial score (nSPS) is 13.2. The Morgan fingerprint density at radius 3 is 2.86 bits per heavy atom. The molecular formula is C15H15FN4O2. The Bertz CT molecular complexity index is 746. The largest absolute Gasteiger partial charge is 0.378 e. The number of aromatic nitrogens is 2. The number of aliphatic hydroxyl groups is 1. The van der Waals surface area contributed by atoms with Crippen LogP contribution in [0.2, 0.25) is 0 Å². The standard InChI is InChI=1S/C15H15FN4O2/c1-10-5-13(4-3-11(10)6-17)19-14(21)15(2,22)9-20-8-12(16)7-18-20/h3-5,7-8,22H,9H2,1-2H3,(H,19,21). The molecule has 1 heterocycles. The van der Waals surface area contributed by atoms with E-state index < -0.39 is 17.3 Å². The molecule has 114 valence electrons. The molecule has 0 spiro atoms. The Kier molecular flexibility index (Phi) is 4.24. The van der Waals surface area contributed by atoms with Crippen molar-refractivity contribution >= 4 is 11.6 Å². The van der Waals surface area contributed by atoms with Crippen LogP contribution < -0.4 is 5.32 Å². The van der Waals surface area contributed by atoms with Crippen LogP contribution in [0, 0.1) is 24.1 Å². The third-order valence-corrected chi connectivity index (χ3v) is 3.17. The number of carbonyl (C=O) groups is 1. The quantitative estimate of drug-likeness (QED) is 0.897. The summed E-state index contributed by atoms with van der Waals surface area (Å²) in [6.07, 6.45) is 2.09. The minimum atomic E-state index is -1.76. The molecule has 2 aromatic rings. The van der Waals surface area contributed by atoms with Gasteiger partial charge in [-0.05, 0) is 37.6 Å². The Labute approximate surface area is 126 Å². The Balaban J connectivity index is 2.10. The Hall–Kier alpha value is -2.72. The lowest BCUT2D eigenvalue weighted by atomic mass is 10.1. The third-order valence-electron chi connectivity index (χ3n) is 3.17. The van der Waals surface area contributed by atoms with E-state index in [-0.39, 0.29) is 6.54 Å². The molecule has 22 heavy (non-hydrogen) atoms. The summed E-state index contributed by atoms with van der Waals surface area (Å²) in [6.45, 7) is 2.88. The van der Waals surface area contributed by atoms with Crippen LogP contribution in [0.25, 0.3) is 0 Å². The molecule has 0 aliphatic heterocycles. The number of halogens is 1. The van der Waals surface area contributed by atoms with Crippen molar-refractivity contribution in [2.45, 2.75) is 26.0 Å². The number of carbonyl (C=O) groups excluding carboxylic acids is 1. The van der Waals surface area contributed by atoms with Gasteiger partial charge in [0, 0.05) is 5.69 Å². The highest BCUT2D eigenvalue weighted by molar-refractivity contribution is 5.96. The van der Waals surface area contributed by atoms with Gasteiger partial charge in [-0.15, -0.1) is 0 Å². The maximum Gasteiger partial charge on any atom is 0.257 e. The molecule has 0 saturated carbocycles. The number of amides is 1. The first kappa shape index (κ1) is 15.7. The van der Waals surface area contributed by atoms with Crippen LogP contribution in [0.1, 0.15) is 18.1 Å². The van der Waals surface area contributed by atoms with Crippen molar-refractivity contribution in [2.24, 2.45) is 0 Å². The molecular weight excluding hydrogens is 287 g/mol. The third kappa shape index (κ3) is 3.48. The van der Waals surface area contributed by atoms with Gasteiger partial charge in [0.05, 0.1) is 30.6 Å². The molecule has 1 amide bonds. The van der Waals surface area contributed by atoms with Crippen molar-refractivity contribution in [3.63, 3.8) is 0 Å². The lowest BCUT2D eigenvalue weighted by Gasteiger charge is -2.22. The van der Waals surface area contributed by atoms with E-state index >= 15 is 0 Å². The van der Waals surface area contributed by atoms with E-state index in [2.05, 4.69) is 10.4 Å². The number of rotatable bonds is 4. The highest BCUT2D eigenvalue weighted by atomic mass is 19.1. The smallest absolute Gasteiger partial charge is 0.257 e. The number of aryl methyl sites for hydroxylation is 1. The van der Waals surface area contributed by atoms with Crippen molar-refractivity contribution in [1.82, 2.24) is 9.78 Å². The highest BCUT2D eigenvalue weighted by Gasteiger charge is 2.31. The molecule has 1 unspecified atom stereocenters. The maximum atomic E-state index is 12.9. The van der Waals surface area contributed by atoms with Gasteiger partial charge in [0.2, 0.25) is 0 Å². The van der Waals surface area contributed by atoms with Crippen molar-refractivity contribution in [1.29, 1.82) is 5.26 Å². The minimum Gasteiger partial charge on any atom is -0.378 e. The fourth-order valence-electron chi connectivity index (χ4n) is 1.94. The molecule has 0 saturated heterocycles. The van der Waals surface area contributed by atoms with Crippen LogP contribution in [0.15, 0.2) is 30.6 Å². The van der Waals surface area contributed by atoms with E-state index in [1.54, 1.807) is 25.1 Å². The van der Waals surface area contributed by atoms with E-state index in [0.29, 0.717) is 16.8 Å². The van der Waals surface area contributed by atoms with Crippen LogP contribution in [-0.4, -0.2) is 26.4 Å². The van der Waals surface area contributed by atoms with Gasteiger partial charge in [-0.1, -0.05) is 0 Å². The zero-order valence-corrected chi connectivity index (χ0v) is 12.2. The molecule has 0 aliphatic rings. The average molecular weight is 302 g/mol. The van der Waals surface area contributed by atoms with E-state index in [0.717, 1.165) is 17.1 Å². The van der Waals surface area contributed by atoms with Crippen molar-refractivity contribution < 1.29 is 14.3 Å². The van der Waals surface area contributed by atoms with Gasteiger partial charge >= 0.3 is 0 Å². The summed E-state index contributed by atoms with van der Waals surface area (Å²) in [5.74, 6) is -1.19. The van der Waals surface area contributed by atoms with Crippen molar-refractivity contribution in [2.75, 3.05) is 5.32 Å². The second-order valence-corrected chi connectivity index (χ2v) is 5.23. The first-order chi connectivity index (χ1) is 10.3. The number of anilines is 1. The zero-order chi connectivity index (χ0) is 16.3. The number of hydrogen-bond donors (Lipinski definition) is 2. The molecule has 1 atom stereocenters. The molecule has 0 bridgehead atoms. The lowest BCUT2D eigenvalue weighted by molar-refractivity contribution is -0.133. The molecule has 2 N–H and O–H groups in total. The number of nitrogens with one attached hydrogen (secondary N) is 1. The van der Waals surface area contributed by atoms with Gasteiger partial charge in [-0.25, -0.2) is 4.39 Å². The predicted octanol–water partition coefficient (Wildman–Crippen LogP) is 1.59. The monoisotopic (exact) mass is 302 g/mol. The van der Waals surface area contributed by atoms with Crippen LogP contribution in [0.4, 0.5) is 10.1 Å². The molecule has 0 aliphatic carbocycles. The van der Waals surface area contributed by atoms with E-state index in [9.17, 15) is 14.3 Å². The summed E-state index contributed by atoms with van der Waals surface area (Å²) in [7, 11) is 0. The fraction of sp³-hybridized carbons (Fsp3) is 0.267. The maximum absolute atomic E-state index is 12.9. The molecule has 6 nitrogen and oxygen atoms in total. The fourth-order valence-corrected chi connectivity index (χ4v) is 1.94. The molecule has 0 fully saturated rings. The summed E-state index contributed by atoms with van der Waals surface area (Å²) in [5, 5.41) is 25.4. The number of nitriles is 1. The Morgan fingerprint density at radius 2 is 2.32 bits per heavy atom. The van der Waals surface area contributed by atoms with Gasteiger partial charge < -0.3 is 10.4 Å². The number of benzene rings is 1. The summed E-state index contributed by atoms with van der Waals surface area (Å²) < 4.78 is 14.0. The van der Waals surface area contributed by atoms with Gasteiger partial charge in [-0.2, -0.15) is 10.4 Å². The topological polar surface area (TPSA) is 90.9 Å². The Morgan fingerprint density at radius 1 is 1.59 bits per heavy atom. The summed E-state index contributed by atoms with van der Waals surface area (Å²) in [5.41, 5.74) is -0.0698. The van der Waals surface area contributed by atoms with E-state index in [4.69, 9.17) is 5.26 Å². The van der Waals surface area contributed by atoms with Gasteiger partial charge in [0.25, 0.3) is 5.91 Å². The van der Waals surface area contributed by atoms with Crippen LogP contribution in [0.3, 0.4) is 0 Å². The van der Waals surface area contributed by atoms with Crippen LogP contribution in [0.5, 0.6) is 0 Å².